The van der Waals surface area contributed by atoms with Crippen LogP contribution >= 0.6 is 11.6 Å². The van der Waals surface area contributed by atoms with Crippen LogP contribution in [0.15, 0.2) is 24.4 Å². The molecule has 0 saturated heterocycles. The molecule has 2 rings (SSSR count). The Morgan fingerprint density at radius 3 is 2.68 bits per heavy atom. The molecule has 0 atom stereocenters. The molecule has 0 unspecified atom stereocenters. The molecular formula is C14H19ClN2O2. The Hall–Kier alpha value is -0.940. The van der Waals surface area contributed by atoms with Crippen LogP contribution in [-0.4, -0.2) is 50.0 Å². The van der Waals surface area contributed by atoms with E-state index in [1.54, 1.807) is 14.2 Å². The van der Waals surface area contributed by atoms with E-state index in [2.05, 4.69) is 16.0 Å². The van der Waals surface area contributed by atoms with E-state index < -0.39 is 0 Å². The third-order valence-electron chi connectivity index (χ3n) is 3.32. The smallest absolute Gasteiger partial charge is 0.169 e. The zero-order valence-corrected chi connectivity index (χ0v) is 12.1. The van der Waals surface area contributed by atoms with Gasteiger partial charge in [-0.15, -0.1) is 0 Å². The Labute approximate surface area is 119 Å². The molecule has 1 aromatic rings. The molecule has 0 radical (unpaired) electrons. The van der Waals surface area contributed by atoms with Crippen molar-refractivity contribution in [3.8, 4) is 0 Å². The third kappa shape index (κ3) is 4.01. The summed E-state index contributed by atoms with van der Waals surface area (Å²) < 4.78 is 10.4. The van der Waals surface area contributed by atoms with Crippen molar-refractivity contribution >= 4 is 17.2 Å². The third-order valence-corrected chi connectivity index (χ3v) is 3.55. The zero-order valence-electron chi connectivity index (χ0n) is 11.3. The second-order valence-electron chi connectivity index (χ2n) is 4.51. The number of nitrogens with zero attached hydrogens (tertiary/aromatic N) is 2. The summed E-state index contributed by atoms with van der Waals surface area (Å²) in [5.74, 6) is 0. The van der Waals surface area contributed by atoms with E-state index in [1.807, 2.05) is 18.3 Å². The molecule has 0 bridgehead atoms. The van der Waals surface area contributed by atoms with Crippen molar-refractivity contribution in [3.05, 3.63) is 35.1 Å². The van der Waals surface area contributed by atoms with E-state index in [0.717, 1.165) is 31.6 Å². The van der Waals surface area contributed by atoms with Crippen LogP contribution < -0.4 is 0 Å². The molecule has 5 heteroatoms. The van der Waals surface area contributed by atoms with Crippen LogP contribution in [0.4, 0.5) is 0 Å². The van der Waals surface area contributed by atoms with Gasteiger partial charge >= 0.3 is 0 Å². The number of halogens is 1. The maximum atomic E-state index is 5.80. The minimum absolute atomic E-state index is 0.160. The van der Waals surface area contributed by atoms with Gasteiger partial charge in [-0.05, 0) is 23.6 Å². The van der Waals surface area contributed by atoms with Crippen molar-refractivity contribution < 1.29 is 9.47 Å². The Balaban J connectivity index is 1.94. The van der Waals surface area contributed by atoms with Crippen molar-refractivity contribution in [2.75, 3.05) is 33.9 Å². The molecule has 0 aromatic carbocycles. The van der Waals surface area contributed by atoms with Gasteiger partial charge < -0.3 is 9.47 Å². The quantitative estimate of drug-likeness (QED) is 0.614. The van der Waals surface area contributed by atoms with E-state index >= 15 is 0 Å². The van der Waals surface area contributed by atoms with Gasteiger partial charge in [-0.3, -0.25) is 4.90 Å². The van der Waals surface area contributed by atoms with Gasteiger partial charge in [-0.1, -0.05) is 23.7 Å². The summed E-state index contributed by atoms with van der Waals surface area (Å²) in [6, 6.07) is 3.85. The lowest BCUT2D eigenvalue weighted by Gasteiger charge is -2.28. The fraction of sp³-hybridized carbons (Fsp3) is 0.500. The first-order chi connectivity index (χ1) is 9.22. The number of ether oxygens (including phenoxy) is 2. The lowest BCUT2D eigenvalue weighted by atomic mass is 10.0. The summed E-state index contributed by atoms with van der Waals surface area (Å²) in [6.07, 6.45) is 4.91. The van der Waals surface area contributed by atoms with E-state index in [0.29, 0.717) is 5.15 Å². The van der Waals surface area contributed by atoms with Crippen LogP contribution in [0, 0.1) is 0 Å². The summed E-state index contributed by atoms with van der Waals surface area (Å²) in [5, 5.41) is 0.532. The first kappa shape index (κ1) is 14.5. The van der Waals surface area contributed by atoms with Crippen molar-refractivity contribution in [3.63, 3.8) is 0 Å². The molecule has 0 N–H and O–H groups in total. The second-order valence-corrected chi connectivity index (χ2v) is 4.90. The number of methoxy groups -OCH3 is 2. The Kier molecular flexibility index (Phi) is 5.34. The van der Waals surface area contributed by atoms with Gasteiger partial charge in [0.25, 0.3) is 0 Å². The van der Waals surface area contributed by atoms with Crippen LogP contribution in [-0.2, 0) is 9.47 Å². The summed E-state index contributed by atoms with van der Waals surface area (Å²) >= 11 is 5.80. The van der Waals surface area contributed by atoms with Crippen LogP contribution in [0.3, 0.4) is 0 Å². The van der Waals surface area contributed by atoms with Crippen molar-refractivity contribution in [1.82, 2.24) is 9.88 Å². The molecule has 0 amide bonds. The molecule has 19 heavy (non-hydrogen) atoms. The highest BCUT2D eigenvalue weighted by Crippen LogP contribution is 2.22. The molecule has 104 valence electrons. The Bertz CT molecular complexity index is 430. The van der Waals surface area contributed by atoms with Gasteiger partial charge in [0.1, 0.15) is 5.15 Å². The molecule has 4 nitrogen and oxygen atoms in total. The second kappa shape index (κ2) is 7.01. The van der Waals surface area contributed by atoms with Crippen LogP contribution in [0.25, 0.3) is 5.57 Å². The minimum atomic E-state index is -0.160. The van der Waals surface area contributed by atoms with Gasteiger partial charge in [-0.25, -0.2) is 4.98 Å². The average Bonchev–Trinajstić information content (AvgIpc) is 2.46. The van der Waals surface area contributed by atoms with Crippen molar-refractivity contribution in [2.45, 2.75) is 12.7 Å². The standard InChI is InChI=1S/C14H19ClN2O2/c1-18-14(19-2)10-17-7-5-11(6-8-17)12-3-4-13(15)16-9-12/h3-5,9,14H,6-8,10H2,1-2H3. The molecule has 0 aliphatic carbocycles. The molecule has 0 saturated carbocycles. The van der Waals surface area contributed by atoms with Crippen LogP contribution in [0.2, 0.25) is 5.15 Å². The van der Waals surface area contributed by atoms with Gasteiger partial charge in [0, 0.05) is 40.1 Å². The highest BCUT2D eigenvalue weighted by atomic mass is 35.5. The molecular weight excluding hydrogens is 264 g/mol. The fourth-order valence-electron chi connectivity index (χ4n) is 2.16. The number of hydrogen-bond donors (Lipinski definition) is 0. The molecule has 0 fully saturated rings. The van der Waals surface area contributed by atoms with Crippen LogP contribution in [0.5, 0.6) is 0 Å². The highest BCUT2D eigenvalue weighted by molar-refractivity contribution is 6.29. The van der Waals surface area contributed by atoms with E-state index in [-0.39, 0.29) is 6.29 Å². The van der Waals surface area contributed by atoms with Gasteiger partial charge in [-0.2, -0.15) is 0 Å². The first-order valence-corrected chi connectivity index (χ1v) is 6.69. The highest BCUT2D eigenvalue weighted by Gasteiger charge is 2.16. The van der Waals surface area contributed by atoms with Crippen molar-refractivity contribution in [2.24, 2.45) is 0 Å². The van der Waals surface area contributed by atoms with E-state index in [9.17, 15) is 0 Å². The van der Waals surface area contributed by atoms with Gasteiger partial charge in [0.2, 0.25) is 0 Å². The Morgan fingerprint density at radius 2 is 2.16 bits per heavy atom. The molecule has 1 aliphatic rings. The normalized spacial score (nSPS) is 16.7. The number of pyridine rings is 1. The minimum Gasteiger partial charge on any atom is -0.355 e. The summed E-state index contributed by atoms with van der Waals surface area (Å²) in [6.45, 7) is 2.69. The van der Waals surface area contributed by atoms with Crippen LogP contribution in [0.1, 0.15) is 12.0 Å². The number of aromatic nitrogens is 1. The predicted molar refractivity (Wildman–Crippen MR) is 76.1 cm³/mol. The zero-order chi connectivity index (χ0) is 13.7. The van der Waals surface area contributed by atoms with Gasteiger partial charge in [0.05, 0.1) is 0 Å². The SMILES string of the molecule is COC(CN1CC=C(c2ccc(Cl)nc2)CC1)OC. The monoisotopic (exact) mass is 282 g/mol. The van der Waals surface area contributed by atoms with Crippen molar-refractivity contribution in [1.29, 1.82) is 0 Å². The molecule has 1 aromatic heterocycles. The Morgan fingerprint density at radius 1 is 1.37 bits per heavy atom. The molecule has 2 heterocycles. The fourth-order valence-corrected chi connectivity index (χ4v) is 2.27. The first-order valence-electron chi connectivity index (χ1n) is 6.32. The van der Waals surface area contributed by atoms with E-state index in [4.69, 9.17) is 21.1 Å². The molecule has 0 spiro atoms. The average molecular weight is 283 g/mol. The largest absolute Gasteiger partial charge is 0.355 e. The predicted octanol–water partition coefficient (Wildman–Crippen LogP) is 2.44. The maximum absolute atomic E-state index is 5.80. The lowest BCUT2D eigenvalue weighted by molar-refractivity contribution is -0.115. The van der Waals surface area contributed by atoms with Gasteiger partial charge in [0.15, 0.2) is 6.29 Å². The number of hydrogen-bond acceptors (Lipinski definition) is 4. The molecule has 1 aliphatic heterocycles. The summed E-state index contributed by atoms with van der Waals surface area (Å²) in [5.41, 5.74) is 2.48. The van der Waals surface area contributed by atoms with E-state index in [1.165, 1.54) is 5.57 Å². The topological polar surface area (TPSA) is 34.6 Å². The lowest BCUT2D eigenvalue weighted by Crippen LogP contribution is -2.37. The number of rotatable bonds is 5. The summed E-state index contributed by atoms with van der Waals surface area (Å²) in [4.78, 5) is 6.43. The summed E-state index contributed by atoms with van der Waals surface area (Å²) in [7, 11) is 3.33. The maximum Gasteiger partial charge on any atom is 0.169 e.